The van der Waals surface area contributed by atoms with E-state index in [0.29, 0.717) is 6.42 Å². The van der Waals surface area contributed by atoms with E-state index in [2.05, 4.69) is 6.92 Å². The van der Waals surface area contributed by atoms with E-state index < -0.39 is 5.60 Å². The van der Waals surface area contributed by atoms with Gasteiger partial charge in [-0.1, -0.05) is 18.5 Å². The van der Waals surface area contributed by atoms with E-state index >= 15 is 0 Å². The maximum Gasteiger partial charge on any atom is 0.126 e. The lowest BCUT2D eigenvalue weighted by atomic mass is 9.76. The van der Waals surface area contributed by atoms with E-state index in [4.69, 9.17) is 16.3 Å². The molecule has 0 radical (unpaired) electrons. The van der Waals surface area contributed by atoms with Gasteiger partial charge in [0.15, 0.2) is 0 Å². The topological polar surface area (TPSA) is 29.5 Å². The van der Waals surface area contributed by atoms with Crippen LogP contribution in [0.15, 0.2) is 12.1 Å². The Balaban J connectivity index is 1.83. The predicted molar refractivity (Wildman–Crippen MR) is 76.9 cm³/mol. The van der Waals surface area contributed by atoms with E-state index in [-0.39, 0.29) is 0 Å². The van der Waals surface area contributed by atoms with Crippen molar-refractivity contribution < 1.29 is 9.84 Å². The third kappa shape index (κ3) is 2.75. The minimum atomic E-state index is -0.573. The number of hydrogen-bond acceptors (Lipinski definition) is 2. The molecule has 0 atom stereocenters. The number of benzene rings is 1. The molecule has 1 aromatic rings. The Bertz CT molecular complexity index is 476. The molecule has 1 aliphatic heterocycles. The molecule has 1 heterocycles. The van der Waals surface area contributed by atoms with Crippen molar-refractivity contribution in [2.45, 2.75) is 51.0 Å². The molecule has 0 saturated heterocycles. The van der Waals surface area contributed by atoms with Gasteiger partial charge in [0, 0.05) is 17.9 Å². The highest BCUT2D eigenvalue weighted by Gasteiger charge is 2.33. The van der Waals surface area contributed by atoms with E-state index in [1.807, 2.05) is 12.1 Å². The summed E-state index contributed by atoms with van der Waals surface area (Å²) in [5, 5.41) is 11.5. The second-order valence-corrected chi connectivity index (χ2v) is 6.67. The highest BCUT2D eigenvalue weighted by atomic mass is 35.5. The van der Waals surface area contributed by atoms with Crippen LogP contribution in [0.2, 0.25) is 5.02 Å². The smallest absolute Gasteiger partial charge is 0.126 e. The highest BCUT2D eigenvalue weighted by Crippen LogP contribution is 2.39. The summed E-state index contributed by atoms with van der Waals surface area (Å²) in [6.07, 6.45) is 5.59. The second kappa shape index (κ2) is 4.99. The molecule has 1 aromatic carbocycles. The van der Waals surface area contributed by atoms with Gasteiger partial charge in [-0.05, 0) is 54.9 Å². The summed E-state index contributed by atoms with van der Waals surface area (Å²) in [5.41, 5.74) is 1.70. The molecule has 1 N–H and O–H groups in total. The van der Waals surface area contributed by atoms with E-state index in [0.717, 1.165) is 61.0 Å². The zero-order valence-electron chi connectivity index (χ0n) is 11.4. The van der Waals surface area contributed by atoms with Gasteiger partial charge < -0.3 is 9.84 Å². The first-order chi connectivity index (χ1) is 9.06. The van der Waals surface area contributed by atoms with Gasteiger partial charge in [-0.25, -0.2) is 0 Å². The fraction of sp³-hybridized carbons (Fsp3) is 0.625. The van der Waals surface area contributed by atoms with Gasteiger partial charge in [0.2, 0.25) is 0 Å². The molecule has 3 rings (SSSR count). The Morgan fingerprint density at radius 2 is 2.11 bits per heavy atom. The van der Waals surface area contributed by atoms with Crippen molar-refractivity contribution in [1.29, 1.82) is 0 Å². The fourth-order valence-corrected chi connectivity index (χ4v) is 3.57. The second-order valence-electron chi connectivity index (χ2n) is 6.24. The maximum absolute atomic E-state index is 10.8. The minimum Gasteiger partial charge on any atom is -0.493 e. The molecule has 19 heavy (non-hydrogen) atoms. The Labute approximate surface area is 119 Å². The lowest BCUT2D eigenvalue weighted by Gasteiger charge is -2.35. The Kier molecular flexibility index (Phi) is 3.48. The summed E-state index contributed by atoms with van der Waals surface area (Å²) in [5.74, 6) is 1.71. The van der Waals surface area contributed by atoms with Crippen LogP contribution in [0.4, 0.5) is 0 Å². The zero-order valence-corrected chi connectivity index (χ0v) is 12.2. The van der Waals surface area contributed by atoms with Crippen molar-refractivity contribution >= 4 is 11.6 Å². The summed E-state index contributed by atoms with van der Waals surface area (Å²) < 4.78 is 5.72. The van der Waals surface area contributed by atoms with Crippen LogP contribution in [0.25, 0.3) is 0 Å². The monoisotopic (exact) mass is 280 g/mol. The van der Waals surface area contributed by atoms with Gasteiger partial charge in [-0.3, -0.25) is 0 Å². The summed E-state index contributed by atoms with van der Waals surface area (Å²) in [6, 6.07) is 3.95. The first-order valence-electron chi connectivity index (χ1n) is 7.22. The van der Waals surface area contributed by atoms with Crippen LogP contribution in [0, 0.1) is 5.92 Å². The Morgan fingerprint density at radius 1 is 1.37 bits per heavy atom. The number of rotatable bonds is 2. The van der Waals surface area contributed by atoms with Crippen molar-refractivity contribution in [2.75, 3.05) is 6.61 Å². The molecule has 0 spiro atoms. The van der Waals surface area contributed by atoms with Gasteiger partial charge in [0.1, 0.15) is 5.75 Å². The average molecular weight is 281 g/mol. The molecule has 1 fully saturated rings. The van der Waals surface area contributed by atoms with Crippen LogP contribution >= 0.6 is 11.6 Å². The molecule has 1 aliphatic carbocycles. The Morgan fingerprint density at radius 3 is 2.84 bits per heavy atom. The third-order valence-corrected chi connectivity index (χ3v) is 4.77. The molecule has 0 amide bonds. The Hall–Kier alpha value is -0.730. The SMILES string of the molecule is CC1CCC(O)(Cc2cc(Cl)cc3c2OCC3)CC1. The van der Waals surface area contributed by atoms with Gasteiger partial charge in [0.05, 0.1) is 12.2 Å². The van der Waals surface area contributed by atoms with Crippen molar-refractivity contribution in [3.8, 4) is 5.75 Å². The molecular weight excluding hydrogens is 260 g/mol. The van der Waals surface area contributed by atoms with Gasteiger partial charge in [0.25, 0.3) is 0 Å². The molecule has 2 aliphatic rings. The van der Waals surface area contributed by atoms with Crippen LogP contribution < -0.4 is 4.74 Å². The van der Waals surface area contributed by atoms with Crippen LogP contribution in [0.1, 0.15) is 43.7 Å². The lowest BCUT2D eigenvalue weighted by molar-refractivity contribution is -0.00707. The van der Waals surface area contributed by atoms with Crippen molar-refractivity contribution in [1.82, 2.24) is 0 Å². The summed E-state index contributed by atoms with van der Waals surface area (Å²) >= 11 is 6.18. The fourth-order valence-electron chi connectivity index (χ4n) is 3.31. The number of fused-ring (bicyclic) bond motifs is 1. The molecule has 3 heteroatoms. The first-order valence-corrected chi connectivity index (χ1v) is 7.60. The van der Waals surface area contributed by atoms with Crippen molar-refractivity contribution in [3.63, 3.8) is 0 Å². The van der Waals surface area contributed by atoms with Crippen LogP contribution in [-0.4, -0.2) is 17.3 Å². The maximum atomic E-state index is 10.8. The van der Waals surface area contributed by atoms with Crippen molar-refractivity contribution in [2.24, 2.45) is 5.92 Å². The zero-order chi connectivity index (χ0) is 13.5. The third-order valence-electron chi connectivity index (χ3n) is 4.55. The molecule has 0 bridgehead atoms. The van der Waals surface area contributed by atoms with Crippen LogP contribution in [0.5, 0.6) is 5.75 Å². The number of ether oxygens (including phenoxy) is 1. The molecule has 2 nitrogen and oxygen atoms in total. The van der Waals surface area contributed by atoms with E-state index in [1.54, 1.807) is 0 Å². The average Bonchev–Trinajstić information content (AvgIpc) is 2.81. The molecule has 0 unspecified atom stereocenters. The van der Waals surface area contributed by atoms with Crippen molar-refractivity contribution in [3.05, 3.63) is 28.3 Å². The molecule has 0 aromatic heterocycles. The number of halogens is 1. The minimum absolute atomic E-state index is 0.573. The lowest BCUT2D eigenvalue weighted by Crippen LogP contribution is -2.35. The summed E-state index contributed by atoms with van der Waals surface area (Å²) in [6.45, 7) is 3.00. The normalized spacial score (nSPS) is 29.9. The predicted octanol–water partition coefficient (Wildman–Crippen LogP) is 3.76. The molecule has 104 valence electrons. The quantitative estimate of drug-likeness (QED) is 0.894. The highest BCUT2D eigenvalue weighted by molar-refractivity contribution is 6.30. The number of hydrogen-bond donors (Lipinski definition) is 1. The molecular formula is C16H21ClO2. The van der Waals surface area contributed by atoms with Gasteiger partial charge in [-0.15, -0.1) is 0 Å². The van der Waals surface area contributed by atoms with E-state index in [1.165, 1.54) is 5.56 Å². The van der Waals surface area contributed by atoms with Gasteiger partial charge in [-0.2, -0.15) is 0 Å². The standard InChI is InChI=1S/C16H21ClO2/c1-11-2-5-16(18,6-3-11)10-13-9-14(17)8-12-4-7-19-15(12)13/h8-9,11,18H,2-7,10H2,1H3. The van der Waals surface area contributed by atoms with Crippen LogP contribution in [-0.2, 0) is 12.8 Å². The summed E-state index contributed by atoms with van der Waals surface area (Å²) in [7, 11) is 0. The van der Waals surface area contributed by atoms with Gasteiger partial charge >= 0.3 is 0 Å². The molecule has 1 saturated carbocycles. The van der Waals surface area contributed by atoms with Crippen LogP contribution in [0.3, 0.4) is 0 Å². The summed E-state index contributed by atoms with van der Waals surface area (Å²) in [4.78, 5) is 0. The number of aliphatic hydroxyl groups is 1. The first kappa shape index (κ1) is 13.3. The van der Waals surface area contributed by atoms with E-state index in [9.17, 15) is 5.11 Å². The largest absolute Gasteiger partial charge is 0.493 e.